The van der Waals surface area contributed by atoms with E-state index < -0.39 is 0 Å². The van der Waals surface area contributed by atoms with E-state index in [1.807, 2.05) is 24.3 Å². The maximum Gasteiger partial charge on any atom is 0.244 e. The minimum Gasteiger partial charge on any atom is -0.347 e. The predicted octanol–water partition coefficient (Wildman–Crippen LogP) is 2.28. The van der Waals surface area contributed by atoms with Gasteiger partial charge in [0.05, 0.1) is 23.9 Å². The van der Waals surface area contributed by atoms with Crippen molar-refractivity contribution in [3.63, 3.8) is 0 Å². The molecule has 1 N–H and O–H groups in total. The largest absolute Gasteiger partial charge is 0.347 e. The standard InChI is InChI=1S/C16H13N3O/c17-11-14-6-4-13(5-7-14)8-9-16(20)19-12-15-3-1-2-10-18-15/h1-10H,12H2,(H,19,20)/b9-8+. The predicted molar refractivity (Wildman–Crippen MR) is 76.3 cm³/mol. The Morgan fingerprint density at radius 2 is 2.05 bits per heavy atom. The highest BCUT2D eigenvalue weighted by Gasteiger charge is 1.97. The van der Waals surface area contributed by atoms with E-state index in [4.69, 9.17) is 5.26 Å². The first-order valence-electron chi connectivity index (χ1n) is 6.14. The van der Waals surface area contributed by atoms with Gasteiger partial charge in [0.25, 0.3) is 0 Å². The summed E-state index contributed by atoms with van der Waals surface area (Å²) in [5.74, 6) is -0.181. The average Bonchev–Trinajstić information content (AvgIpc) is 2.52. The van der Waals surface area contributed by atoms with Crippen LogP contribution < -0.4 is 5.32 Å². The van der Waals surface area contributed by atoms with Crippen LogP contribution in [-0.2, 0) is 11.3 Å². The Morgan fingerprint density at radius 3 is 2.70 bits per heavy atom. The van der Waals surface area contributed by atoms with Gasteiger partial charge in [-0.05, 0) is 35.9 Å². The molecular weight excluding hydrogens is 250 g/mol. The Balaban J connectivity index is 1.87. The first kappa shape index (κ1) is 13.5. The smallest absolute Gasteiger partial charge is 0.244 e. The molecule has 0 aliphatic rings. The zero-order valence-corrected chi connectivity index (χ0v) is 10.8. The van der Waals surface area contributed by atoms with Gasteiger partial charge < -0.3 is 5.32 Å². The molecule has 4 heteroatoms. The molecule has 0 fully saturated rings. The third kappa shape index (κ3) is 4.07. The van der Waals surface area contributed by atoms with Crippen molar-refractivity contribution < 1.29 is 4.79 Å². The fourth-order valence-corrected chi connectivity index (χ4v) is 1.58. The fourth-order valence-electron chi connectivity index (χ4n) is 1.58. The van der Waals surface area contributed by atoms with Crippen molar-refractivity contribution in [2.45, 2.75) is 6.54 Å². The molecule has 0 saturated carbocycles. The molecule has 1 aromatic carbocycles. The van der Waals surface area contributed by atoms with Crippen LogP contribution in [0.25, 0.3) is 6.08 Å². The van der Waals surface area contributed by atoms with Crippen molar-refractivity contribution >= 4 is 12.0 Å². The van der Waals surface area contributed by atoms with Gasteiger partial charge in [0, 0.05) is 12.3 Å². The Labute approximate surface area is 117 Å². The van der Waals surface area contributed by atoms with E-state index in [0.717, 1.165) is 11.3 Å². The molecule has 98 valence electrons. The molecule has 20 heavy (non-hydrogen) atoms. The molecule has 0 radical (unpaired) electrons. The number of hydrogen-bond donors (Lipinski definition) is 1. The quantitative estimate of drug-likeness (QED) is 0.861. The molecule has 0 saturated heterocycles. The molecule has 2 rings (SSSR count). The molecule has 4 nitrogen and oxygen atoms in total. The monoisotopic (exact) mass is 263 g/mol. The van der Waals surface area contributed by atoms with Gasteiger partial charge in [0.15, 0.2) is 0 Å². The Kier molecular flexibility index (Phi) is 4.63. The summed E-state index contributed by atoms with van der Waals surface area (Å²) >= 11 is 0. The third-order valence-corrected chi connectivity index (χ3v) is 2.64. The van der Waals surface area contributed by atoms with Gasteiger partial charge in [-0.3, -0.25) is 9.78 Å². The lowest BCUT2D eigenvalue weighted by molar-refractivity contribution is -0.116. The Hall–Kier alpha value is -2.93. The topological polar surface area (TPSA) is 65.8 Å². The van der Waals surface area contributed by atoms with Gasteiger partial charge in [-0.15, -0.1) is 0 Å². The van der Waals surface area contributed by atoms with Crippen molar-refractivity contribution in [1.29, 1.82) is 5.26 Å². The number of amides is 1. The molecular formula is C16H13N3O. The minimum absolute atomic E-state index is 0.181. The summed E-state index contributed by atoms with van der Waals surface area (Å²) in [4.78, 5) is 15.8. The minimum atomic E-state index is -0.181. The normalized spacial score (nSPS) is 10.2. The summed E-state index contributed by atoms with van der Waals surface area (Å²) < 4.78 is 0. The number of nitrogens with one attached hydrogen (secondary N) is 1. The van der Waals surface area contributed by atoms with E-state index in [-0.39, 0.29) is 5.91 Å². The number of pyridine rings is 1. The van der Waals surface area contributed by atoms with Crippen molar-refractivity contribution in [3.05, 3.63) is 71.6 Å². The van der Waals surface area contributed by atoms with E-state index in [1.54, 1.807) is 36.5 Å². The van der Waals surface area contributed by atoms with E-state index >= 15 is 0 Å². The second-order valence-electron chi connectivity index (χ2n) is 4.11. The summed E-state index contributed by atoms with van der Waals surface area (Å²) in [6, 6.07) is 14.6. The summed E-state index contributed by atoms with van der Waals surface area (Å²) in [7, 11) is 0. The number of rotatable bonds is 4. The fraction of sp³-hybridized carbons (Fsp3) is 0.0625. The van der Waals surface area contributed by atoms with Gasteiger partial charge in [0.2, 0.25) is 5.91 Å². The first-order chi connectivity index (χ1) is 9.78. The number of nitriles is 1. The van der Waals surface area contributed by atoms with E-state index in [9.17, 15) is 4.79 Å². The number of hydrogen-bond acceptors (Lipinski definition) is 3. The van der Waals surface area contributed by atoms with E-state index in [0.29, 0.717) is 12.1 Å². The van der Waals surface area contributed by atoms with Crippen LogP contribution in [0, 0.1) is 11.3 Å². The third-order valence-electron chi connectivity index (χ3n) is 2.64. The molecule has 0 unspecified atom stereocenters. The summed E-state index contributed by atoms with van der Waals surface area (Å²) in [5, 5.41) is 11.4. The Morgan fingerprint density at radius 1 is 1.25 bits per heavy atom. The van der Waals surface area contributed by atoms with Gasteiger partial charge >= 0.3 is 0 Å². The van der Waals surface area contributed by atoms with Crippen molar-refractivity contribution in [3.8, 4) is 6.07 Å². The zero-order chi connectivity index (χ0) is 14.2. The van der Waals surface area contributed by atoms with Crippen molar-refractivity contribution in [2.75, 3.05) is 0 Å². The van der Waals surface area contributed by atoms with Gasteiger partial charge in [-0.2, -0.15) is 5.26 Å². The van der Waals surface area contributed by atoms with Crippen LogP contribution in [0.1, 0.15) is 16.8 Å². The highest BCUT2D eigenvalue weighted by atomic mass is 16.1. The average molecular weight is 263 g/mol. The molecule has 1 amide bonds. The highest BCUT2D eigenvalue weighted by Crippen LogP contribution is 2.05. The zero-order valence-electron chi connectivity index (χ0n) is 10.8. The SMILES string of the molecule is N#Cc1ccc(/C=C/C(=O)NCc2ccccn2)cc1. The second-order valence-corrected chi connectivity index (χ2v) is 4.11. The molecule has 2 aromatic rings. The molecule has 0 aliphatic heterocycles. The maximum atomic E-state index is 11.6. The number of carbonyl (C=O) groups excluding carboxylic acids is 1. The van der Waals surface area contributed by atoms with Crippen LogP contribution in [0.2, 0.25) is 0 Å². The molecule has 0 atom stereocenters. The van der Waals surface area contributed by atoms with Crippen molar-refractivity contribution in [2.24, 2.45) is 0 Å². The lowest BCUT2D eigenvalue weighted by Gasteiger charge is -2.01. The van der Waals surface area contributed by atoms with E-state index in [1.165, 1.54) is 6.08 Å². The van der Waals surface area contributed by atoms with Crippen LogP contribution in [0.3, 0.4) is 0 Å². The lowest BCUT2D eigenvalue weighted by Crippen LogP contribution is -2.20. The Bertz CT molecular complexity index is 640. The number of benzene rings is 1. The van der Waals surface area contributed by atoms with Crippen LogP contribution in [0.4, 0.5) is 0 Å². The number of carbonyl (C=O) groups is 1. The lowest BCUT2D eigenvalue weighted by atomic mass is 10.1. The van der Waals surface area contributed by atoms with Crippen LogP contribution >= 0.6 is 0 Å². The summed E-state index contributed by atoms with van der Waals surface area (Å²) in [6.07, 6.45) is 4.85. The molecule has 1 heterocycles. The van der Waals surface area contributed by atoms with Crippen molar-refractivity contribution in [1.82, 2.24) is 10.3 Å². The highest BCUT2D eigenvalue weighted by molar-refractivity contribution is 5.91. The maximum absolute atomic E-state index is 11.6. The van der Waals surface area contributed by atoms with Crippen LogP contribution in [-0.4, -0.2) is 10.9 Å². The van der Waals surface area contributed by atoms with Gasteiger partial charge in [0.1, 0.15) is 0 Å². The number of nitrogens with zero attached hydrogens (tertiary/aromatic N) is 2. The van der Waals surface area contributed by atoms with Gasteiger partial charge in [-0.1, -0.05) is 18.2 Å². The molecule has 0 spiro atoms. The molecule has 1 aromatic heterocycles. The molecule has 0 aliphatic carbocycles. The van der Waals surface area contributed by atoms with Gasteiger partial charge in [-0.25, -0.2) is 0 Å². The molecule has 0 bridgehead atoms. The number of aromatic nitrogens is 1. The van der Waals surface area contributed by atoms with Crippen LogP contribution in [0.15, 0.2) is 54.7 Å². The summed E-state index contributed by atoms with van der Waals surface area (Å²) in [6.45, 7) is 0.400. The summed E-state index contributed by atoms with van der Waals surface area (Å²) in [5.41, 5.74) is 2.28. The first-order valence-corrected chi connectivity index (χ1v) is 6.14. The second kappa shape index (κ2) is 6.86. The van der Waals surface area contributed by atoms with E-state index in [2.05, 4.69) is 10.3 Å². The van der Waals surface area contributed by atoms with Crippen LogP contribution in [0.5, 0.6) is 0 Å².